The summed E-state index contributed by atoms with van der Waals surface area (Å²) in [6.45, 7) is 0. The lowest BCUT2D eigenvalue weighted by Crippen LogP contribution is -2.10. The first kappa shape index (κ1) is 12.3. The summed E-state index contributed by atoms with van der Waals surface area (Å²) >= 11 is 17.8. The van der Waals surface area contributed by atoms with E-state index in [1.54, 1.807) is 12.1 Å². The molecule has 0 saturated carbocycles. The van der Waals surface area contributed by atoms with Crippen LogP contribution in [0, 0.1) is 0 Å². The van der Waals surface area contributed by atoms with Crippen LogP contribution in [0.4, 0.5) is 5.69 Å². The first-order valence-electron chi connectivity index (χ1n) is 4.63. The maximum absolute atomic E-state index is 11.8. The molecule has 0 saturated heterocycles. The number of rotatable bonds is 1. The molecule has 1 aromatic carbocycles. The molecule has 2 aromatic rings. The molecule has 1 aromatic heterocycles. The number of nitrogens with two attached hydrogens (primary N) is 1. The lowest BCUT2D eigenvalue weighted by atomic mass is 10.1. The Hall–Kier alpha value is -1.16. The van der Waals surface area contributed by atoms with Gasteiger partial charge in [-0.1, -0.05) is 40.9 Å². The fourth-order valence-electron chi connectivity index (χ4n) is 1.44. The van der Waals surface area contributed by atoms with E-state index < -0.39 is 0 Å². The Morgan fingerprint density at radius 3 is 2.41 bits per heavy atom. The highest BCUT2D eigenvalue weighted by atomic mass is 35.5. The van der Waals surface area contributed by atoms with Crippen molar-refractivity contribution in [3.8, 4) is 11.1 Å². The van der Waals surface area contributed by atoms with Crippen LogP contribution in [0.5, 0.6) is 0 Å². The van der Waals surface area contributed by atoms with E-state index in [-0.39, 0.29) is 21.2 Å². The van der Waals surface area contributed by atoms with Crippen LogP contribution >= 0.6 is 34.8 Å². The van der Waals surface area contributed by atoms with Crippen LogP contribution in [0.3, 0.4) is 0 Å². The van der Waals surface area contributed by atoms with Gasteiger partial charge in [-0.3, -0.25) is 4.79 Å². The van der Waals surface area contributed by atoms with Crippen molar-refractivity contribution in [1.82, 2.24) is 4.98 Å². The van der Waals surface area contributed by atoms with Crippen molar-refractivity contribution in [2.75, 3.05) is 5.73 Å². The van der Waals surface area contributed by atoms with Crippen molar-refractivity contribution in [3.63, 3.8) is 0 Å². The van der Waals surface area contributed by atoms with Crippen LogP contribution in [0.25, 0.3) is 11.1 Å². The van der Waals surface area contributed by atoms with E-state index in [0.29, 0.717) is 16.1 Å². The van der Waals surface area contributed by atoms with Gasteiger partial charge in [-0.2, -0.15) is 0 Å². The van der Waals surface area contributed by atoms with Crippen LogP contribution in [0.15, 0.2) is 29.3 Å². The average molecular weight is 290 g/mol. The molecule has 2 rings (SSSR count). The maximum Gasteiger partial charge on any atom is 0.212 e. The second kappa shape index (κ2) is 4.61. The topological polar surface area (TPSA) is 58.9 Å². The molecule has 0 fully saturated rings. The zero-order chi connectivity index (χ0) is 12.6. The highest BCUT2D eigenvalue weighted by molar-refractivity contribution is 6.49. The van der Waals surface area contributed by atoms with E-state index >= 15 is 0 Å². The van der Waals surface area contributed by atoms with Gasteiger partial charge in [0.2, 0.25) is 5.43 Å². The number of hydrogen-bond acceptors (Lipinski definition) is 2. The number of aromatic nitrogens is 1. The Labute approximate surface area is 112 Å². The minimum atomic E-state index is -0.302. The molecule has 0 aliphatic rings. The average Bonchev–Trinajstić information content (AvgIpc) is 2.31. The van der Waals surface area contributed by atoms with Gasteiger partial charge in [0.15, 0.2) is 0 Å². The molecule has 3 nitrogen and oxygen atoms in total. The molecule has 6 heteroatoms. The Morgan fingerprint density at radius 1 is 1.00 bits per heavy atom. The SMILES string of the molecule is Nc1c[nH]cc(-c2ccc(Cl)c(Cl)c2Cl)c1=O. The number of anilines is 1. The van der Waals surface area contributed by atoms with Gasteiger partial charge >= 0.3 is 0 Å². The molecular formula is C11H7Cl3N2O. The van der Waals surface area contributed by atoms with Gasteiger partial charge < -0.3 is 10.7 Å². The molecule has 0 radical (unpaired) electrons. The fourth-order valence-corrected chi connectivity index (χ4v) is 2.07. The fraction of sp³-hybridized carbons (Fsp3) is 0. The van der Waals surface area contributed by atoms with E-state index in [0.717, 1.165) is 0 Å². The lowest BCUT2D eigenvalue weighted by molar-refractivity contribution is 1.31. The van der Waals surface area contributed by atoms with E-state index in [1.807, 2.05) is 0 Å². The van der Waals surface area contributed by atoms with E-state index in [1.165, 1.54) is 12.4 Å². The molecule has 0 atom stereocenters. The number of aromatic amines is 1. The highest BCUT2D eigenvalue weighted by Crippen LogP contribution is 2.36. The monoisotopic (exact) mass is 288 g/mol. The van der Waals surface area contributed by atoms with E-state index in [4.69, 9.17) is 40.5 Å². The zero-order valence-electron chi connectivity index (χ0n) is 8.43. The standard InChI is InChI=1S/C11H7Cl3N2O/c12-7-2-1-5(9(13)10(7)14)6-3-16-4-8(15)11(6)17/h1-4H,15H2,(H,16,17). The number of nitrogen functional groups attached to an aromatic ring is 1. The Balaban J connectivity index is 2.74. The normalized spacial score (nSPS) is 10.5. The van der Waals surface area contributed by atoms with Gasteiger partial charge in [-0.15, -0.1) is 0 Å². The van der Waals surface area contributed by atoms with Crippen LogP contribution < -0.4 is 11.2 Å². The molecule has 88 valence electrons. The van der Waals surface area contributed by atoms with Crippen LogP contribution in [-0.4, -0.2) is 4.98 Å². The molecular weight excluding hydrogens is 282 g/mol. The van der Waals surface area contributed by atoms with Crippen LogP contribution in [0.2, 0.25) is 15.1 Å². The van der Waals surface area contributed by atoms with Gasteiger partial charge in [-0.25, -0.2) is 0 Å². The summed E-state index contributed by atoms with van der Waals surface area (Å²) in [6, 6.07) is 3.20. The number of H-pyrrole nitrogens is 1. The molecule has 1 heterocycles. The quantitative estimate of drug-likeness (QED) is 0.788. The molecule has 3 N–H and O–H groups in total. The third kappa shape index (κ3) is 2.14. The van der Waals surface area contributed by atoms with Crippen molar-refractivity contribution in [1.29, 1.82) is 0 Å². The second-order valence-electron chi connectivity index (χ2n) is 3.38. The van der Waals surface area contributed by atoms with Crippen LogP contribution in [-0.2, 0) is 0 Å². The van der Waals surface area contributed by atoms with Crippen molar-refractivity contribution in [3.05, 3.63) is 49.8 Å². The molecule has 0 unspecified atom stereocenters. The summed E-state index contributed by atoms with van der Waals surface area (Å²) in [6.07, 6.45) is 2.93. The Kier molecular flexibility index (Phi) is 3.33. The van der Waals surface area contributed by atoms with E-state index in [9.17, 15) is 4.79 Å². The number of benzene rings is 1. The molecule has 0 bridgehead atoms. The van der Waals surface area contributed by atoms with Gasteiger partial charge in [0.25, 0.3) is 0 Å². The largest absolute Gasteiger partial charge is 0.394 e. The first-order chi connectivity index (χ1) is 8.02. The minimum Gasteiger partial charge on any atom is -0.394 e. The van der Waals surface area contributed by atoms with Gasteiger partial charge in [0.1, 0.15) is 0 Å². The summed E-state index contributed by atoms with van der Waals surface area (Å²) in [5.41, 5.74) is 6.19. The number of hydrogen-bond donors (Lipinski definition) is 2. The van der Waals surface area contributed by atoms with Crippen molar-refractivity contribution < 1.29 is 0 Å². The van der Waals surface area contributed by atoms with E-state index in [2.05, 4.69) is 4.98 Å². The molecule has 0 amide bonds. The molecule has 0 aliphatic heterocycles. The third-order valence-electron chi connectivity index (χ3n) is 2.30. The second-order valence-corrected chi connectivity index (χ2v) is 4.54. The smallest absolute Gasteiger partial charge is 0.212 e. The predicted octanol–water partition coefficient (Wildman–Crippen LogP) is 3.58. The van der Waals surface area contributed by atoms with Crippen molar-refractivity contribution in [2.45, 2.75) is 0 Å². The summed E-state index contributed by atoms with van der Waals surface area (Å²) in [5, 5.41) is 0.781. The maximum atomic E-state index is 11.8. The van der Waals surface area contributed by atoms with Crippen molar-refractivity contribution >= 4 is 40.5 Å². The lowest BCUT2D eigenvalue weighted by Gasteiger charge is -2.07. The summed E-state index contributed by atoms with van der Waals surface area (Å²) in [5.74, 6) is 0. The number of halogens is 3. The van der Waals surface area contributed by atoms with Gasteiger partial charge in [-0.05, 0) is 6.07 Å². The summed E-state index contributed by atoms with van der Waals surface area (Å²) in [7, 11) is 0. The third-order valence-corrected chi connectivity index (χ3v) is 3.59. The zero-order valence-corrected chi connectivity index (χ0v) is 10.7. The van der Waals surface area contributed by atoms with Crippen LogP contribution in [0.1, 0.15) is 0 Å². The number of pyridine rings is 1. The van der Waals surface area contributed by atoms with Crippen molar-refractivity contribution in [2.24, 2.45) is 0 Å². The first-order valence-corrected chi connectivity index (χ1v) is 5.76. The molecule has 0 spiro atoms. The summed E-state index contributed by atoms with van der Waals surface area (Å²) in [4.78, 5) is 14.6. The van der Waals surface area contributed by atoms with Gasteiger partial charge in [0, 0.05) is 23.5 Å². The Morgan fingerprint density at radius 2 is 1.71 bits per heavy atom. The predicted molar refractivity (Wildman–Crippen MR) is 71.9 cm³/mol. The molecule has 17 heavy (non-hydrogen) atoms. The Bertz CT molecular complexity index is 637. The number of nitrogens with one attached hydrogen (secondary N) is 1. The minimum absolute atomic E-state index is 0.115. The highest BCUT2D eigenvalue weighted by Gasteiger charge is 2.13. The molecule has 0 aliphatic carbocycles. The van der Waals surface area contributed by atoms with Gasteiger partial charge in [0.05, 0.1) is 20.8 Å². The summed E-state index contributed by atoms with van der Waals surface area (Å²) < 4.78 is 0.